The van der Waals surface area contributed by atoms with Crippen LogP contribution >= 0.6 is 0 Å². The molecule has 0 atom stereocenters. The largest absolute Gasteiger partial charge is 0.192 e. The van der Waals surface area contributed by atoms with E-state index in [4.69, 9.17) is 0 Å². The number of hydrogen-bond donors (Lipinski definition) is 0. The van der Waals surface area contributed by atoms with Crippen molar-refractivity contribution in [1.82, 2.24) is 0 Å². The van der Waals surface area contributed by atoms with Crippen molar-refractivity contribution in [1.29, 1.82) is 10.5 Å². The molecule has 0 amide bonds. The maximum Gasteiger partial charge on any atom is 0.0994 e. The fraction of sp³-hybridized carbons (Fsp3) is 0.474. The van der Waals surface area contributed by atoms with Crippen LogP contribution < -0.4 is 0 Å². The number of rotatable bonds is 13. The number of nitrogens with zero attached hydrogens (tertiary/aromatic N) is 2. The summed E-state index contributed by atoms with van der Waals surface area (Å²) in [4.78, 5) is 0. The lowest BCUT2D eigenvalue weighted by Crippen LogP contribution is -2.12. The highest BCUT2D eigenvalue weighted by molar-refractivity contribution is 5.48. The first-order chi connectivity index (χ1) is 29.0. The molecular formula is C57H68N2. The molecule has 0 aliphatic heterocycles. The third-order valence-electron chi connectivity index (χ3n) is 12.6. The lowest BCUT2D eigenvalue weighted by Gasteiger charge is -2.26. The van der Waals surface area contributed by atoms with Crippen molar-refractivity contribution in [3.63, 3.8) is 0 Å². The molecule has 2 saturated carbocycles. The van der Waals surface area contributed by atoms with Crippen molar-refractivity contribution in [3.8, 4) is 35.8 Å². The molecule has 2 aliphatic rings. The van der Waals surface area contributed by atoms with E-state index in [9.17, 15) is 10.5 Å². The predicted octanol–water partition coefficient (Wildman–Crippen LogP) is 14.7. The van der Waals surface area contributed by atoms with Gasteiger partial charge in [0.05, 0.1) is 23.3 Å². The maximum atomic E-state index is 9.40. The van der Waals surface area contributed by atoms with E-state index in [0.29, 0.717) is 23.7 Å². The summed E-state index contributed by atoms with van der Waals surface area (Å²) in [5.74, 6) is 16.0. The summed E-state index contributed by atoms with van der Waals surface area (Å²) in [7, 11) is 0. The topological polar surface area (TPSA) is 47.6 Å². The van der Waals surface area contributed by atoms with Crippen LogP contribution in [0, 0.1) is 58.2 Å². The number of aryl methyl sites for hydroxylation is 4. The quantitative estimate of drug-likeness (QED) is 0.100. The summed E-state index contributed by atoms with van der Waals surface area (Å²) < 4.78 is 0. The van der Waals surface area contributed by atoms with Crippen LogP contribution in [0.3, 0.4) is 0 Å². The molecule has 59 heavy (non-hydrogen) atoms. The van der Waals surface area contributed by atoms with Gasteiger partial charge in [0.1, 0.15) is 0 Å². The molecule has 0 saturated heterocycles. The van der Waals surface area contributed by atoms with Gasteiger partial charge in [-0.2, -0.15) is 10.5 Å². The summed E-state index contributed by atoms with van der Waals surface area (Å²) in [6, 6.07) is 35.6. The Kier molecular flexibility index (Phi) is 18.9. The Hall–Kier alpha value is -5.02. The molecule has 0 spiro atoms. The van der Waals surface area contributed by atoms with Gasteiger partial charge in [-0.15, -0.1) is 0 Å². The molecule has 2 fully saturated rings. The van der Waals surface area contributed by atoms with E-state index < -0.39 is 0 Å². The van der Waals surface area contributed by atoms with Crippen LogP contribution in [0.4, 0.5) is 0 Å². The average molecular weight is 781 g/mol. The zero-order chi connectivity index (χ0) is 41.7. The highest BCUT2D eigenvalue weighted by atomic mass is 14.3. The lowest BCUT2D eigenvalue weighted by atomic mass is 9.78. The molecule has 0 aromatic heterocycles. The van der Waals surface area contributed by atoms with Gasteiger partial charge in [-0.05, 0) is 159 Å². The van der Waals surface area contributed by atoms with Gasteiger partial charge in [0.2, 0.25) is 0 Å². The van der Waals surface area contributed by atoms with Crippen molar-refractivity contribution in [2.24, 2.45) is 11.8 Å². The molecule has 4 aromatic rings. The van der Waals surface area contributed by atoms with Gasteiger partial charge in [0, 0.05) is 23.0 Å². The number of benzene rings is 4. The van der Waals surface area contributed by atoms with E-state index in [0.717, 1.165) is 59.1 Å². The standard InChI is InChI=1S/C29H35N.C28H33N/c1-3-5-6-8-23-11-16-27(17-12-23)28-18-13-24(14-19-28)9-10-25-15-20-26(7-4-2)29(21-25)22-30;1-3-5-7-22-10-15-26(16-11-22)27-17-12-23(13-18-27)8-9-24-14-19-25(6-4-2)28(20-24)21-29/h11-12,15-17,20-21,24,28H,3-8,13-14,18-19H2,1-2H3;10-11,14-16,19-20,23,27H,3-7,12-13,17-18H2,1-2H3. The zero-order valence-electron chi connectivity index (χ0n) is 36.7. The van der Waals surface area contributed by atoms with Crippen molar-refractivity contribution in [2.75, 3.05) is 0 Å². The van der Waals surface area contributed by atoms with Gasteiger partial charge < -0.3 is 0 Å². The molecule has 2 heteroatoms. The fourth-order valence-electron chi connectivity index (χ4n) is 8.88. The highest BCUT2D eigenvalue weighted by Crippen LogP contribution is 2.37. The Morgan fingerprint density at radius 3 is 1.22 bits per heavy atom. The van der Waals surface area contributed by atoms with Crippen molar-refractivity contribution < 1.29 is 0 Å². The first-order valence-electron chi connectivity index (χ1n) is 23.2. The SMILES string of the molecule is CCCCCc1ccc(C2CCC(C#Cc3ccc(CCC)c(C#N)c3)CC2)cc1.CCCCc1ccc(C2CCC(C#Cc3ccc(CCC)c(C#N)c3)CC2)cc1. The summed E-state index contributed by atoms with van der Waals surface area (Å²) in [6.07, 6.45) is 22.5. The van der Waals surface area contributed by atoms with Crippen LogP contribution in [-0.2, 0) is 25.7 Å². The minimum Gasteiger partial charge on any atom is -0.192 e. The van der Waals surface area contributed by atoms with E-state index in [2.05, 4.69) is 136 Å². The molecule has 0 radical (unpaired) electrons. The third kappa shape index (κ3) is 14.3. The van der Waals surface area contributed by atoms with Crippen LogP contribution in [0.2, 0.25) is 0 Å². The monoisotopic (exact) mass is 781 g/mol. The maximum absolute atomic E-state index is 9.40. The zero-order valence-corrected chi connectivity index (χ0v) is 36.7. The van der Waals surface area contributed by atoms with Crippen LogP contribution in [0.1, 0.15) is 191 Å². The molecule has 306 valence electrons. The molecule has 2 aliphatic carbocycles. The van der Waals surface area contributed by atoms with Gasteiger partial charge >= 0.3 is 0 Å². The molecular weight excluding hydrogens is 713 g/mol. The minimum absolute atomic E-state index is 0.482. The molecule has 6 rings (SSSR count). The van der Waals surface area contributed by atoms with Gasteiger partial charge in [0.15, 0.2) is 0 Å². The van der Waals surface area contributed by atoms with Gasteiger partial charge in [-0.25, -0.2) is 0 Å². The Morgan fingerprint density at radius 2 is 0.847 bits per heavy atom. The Balaban J connectivity index is 0.000000224. The number of unbranched alkanes of at least 4 members (excludes halogenated alkanes) is 3. The Labute approximate surface area is 358 Å². The second kappa shape index (κ2) is 24.8. The number of hydrogen-bond acceptors (Lipinski definition) is 2. The van der Waals surface area contributed by atoms with E-state index in [1.165, 1.54) is 119 Å². The van der Waals surface area contributed by atoms with E-state index >= 15 is 0 Å². The highest BCUT2D eigenvalue weighted by Gasteiger charge is 2.22. The number of nitriles is 2. The molecule has 0 bridgehead atoms. The summed E-state index contributed by atoms with van der Waals surface area (Å²) in [6.45, 7) is 8.80. The van der Waals surface area contributed by atoms with Gasteiger partial charge in [-0.3, -0.25) is 0 Å². The molecule has 0 unspecified atom stereocenters. The Bertz CT molecular complexity index is 2080. The van der Waals surface area contributed by atoms with Crippen molar-refractivity contribution in [2.45, 2.75) is 162 Å². The third-order valence-corrected chi connectivity index (χ3v) is 12.6. The average Bonchev–Trinajstić information content (AvgIpc) is 3.29. The van der Waals surface area contributed by atoms with Crippen LogP contribution in [0.15, 0.2) is 84.9 Å². The summed E-state index contributed by atoms with van der Waals surface area (Å²) >= 11 is 0. The van der Waals surface area contributed by atoms with E-state index in [1.807, 2.05) is 12.1 Å². The van der Waals surface area contributed by atoms with Crippen LogP contribution in [0.25, 0.3) is 0 Å². The first kappa shape index (κ1) is 45.1. The minimum atomic E-state index is 0.482. The van der Waals surface area contributed by atoms with Gasteiger partial charge in [0.25, 0.3) is 0 Å². The molecule has 0 N–H and O–H groups in total. The molecule has 4 aromatic carbocycles. The lowest BCUT2D eigenvalue weighted by molar-refractivity contribution is 0.384. The second-order valence-corrected chi connectivity index (χ2v) is 17.1. The Morgan fingerprint density at radius 1 is 0.441 bits per heavy atom. The van der Waals surface area contributed by atoms with Crippen molar-refractivity contribution in [3.05, 3.63) is 141 Å². The molecule has 2 nitrogen and oxygen atoms in total. The fourth-order valence-corrected chi connectivity index (χ4v) is 8.88. The summed E-state index contributed by atoms with van der Waals surface area (Å²) in [5.41, 5.74) is 11.8. The summed E-state index contributed by atoms with van der Waals surface area (Å²) in [5, 5.41) is 18.8. The van der Waals surface area contributed by atoms with Crippen LogP contribution in [-0.4, -0.2) is 0 Å². The van der Waals surface area contributed by atoms with Gasteiger partial charge in [-0.1, -0.05) is 144 Å². The predicted molar refractivity (Wildman–Crippen MR) is 248 cm³/mol. The normalized spacial score (nSPS) is 18.4. The van der Waals surface area contributed by atoms with Crippen LogP contribution in [0.5, 0.6) is 0 Å². The van der Waals surface area contributed by atoms with E-state index in [1.54, 1.807) is 0 Å². The first-order valence-corrected chi connectivity index (χ1v) is 23.2. The molecule has 0 heterocycles. The van der Waals surface area contributed by atoms with E-state index in [-0.39, 0.29) is 0 Å². The second-order valence-electron chi connectivity index (χ2n) is 17.1. The van der Waals surface area contributed by atoms with Crippen molar-refractivity contribution >= 4 is 0 Å². The smallest absolute Gasteiger partial charge is 0.0994 e.